The molecule has 3 rings (SSSR count). The summed E-state index contributed by atoms with van der Waals surface area (Å²) in [4.78, 5) is 4.12. The number of benzene rings is 1. The number of nitrogens with zero attached hydrogens (tertiary/aromatic N) is 3. The Morgan fingerprint density at radius 3 is 2.19 bits per heavy atom. The lowest BCUT2D eigenvalue weighted by Crippen LogP contribution is -2.13. The van der Waals surface area contributed by atoms with E-state index in [0.29, 0.717) is 5.15 Å². The smallest absolute Gasteiger partial charge is 0.129 e. The minimum absolute atomic E-state index is 0.0187. The molecule has 1 aliphatic rings. The first-order valence-electron chi connectivity index (χ1n) is 6.96. The van der Waals surface area contributed by atoms with E-state index in [4.69, 9.17) is 11.6 Å². The van der Waals surface area contributed by atoms with Crippen LogP contribution in [0.5, 0.6) is 0 Å². The molecular formula is C16H15ClFN3. The molecule has 3 atom stereocenters. The van der Waals surface area contributed by atoms with Crippen LogP contribution in [0.2, 0.25) is 5.15 Å². The Bertz CT molecular complexity index is 584. The van der Waals surface area contributed by atoms with Gasteiger partial charge in [-0.15, -0.1) is 0 Å². The molecular weight excluding hydrogens is 289 g/mol. The average molecular weight is 304 g/mol. The zero-order valence-electron chi connectivity index (χ0n) is 11.6. The average Bonchev–Trinajstić information content (AvgIpc) is 2.92. The summed E-state index contributed by atoms with van der Waals surface area (Å²) < 4.78 is 13.1. The number of azo groups is 1. The van der Waals surface area contributed by atoms with Crippen molar-refractivity contribution in [2.45, 2.75) is 25.4 Å². The van der Waals surface area contributed by atoms with E-state index < -0.39 is 0 Å². The monoisotopic (exact) mass is 303 g/mol. The van der Waals surface area contributed by atoms with Gasteiger partial charge in [-0.3, -0.25) is 0 Å². The fourth-order valence-corrected chi connectivity index (χ4v) is 2.90. The van der Waals surface area contributed by atoms with E-state index in [1.165, 1.54) is 12.1 Å². The van der Waals surface area contributed by atoms with Gasteiger partial charge in [0.2, 0.25) is 0 Å². The third-order valence-electron chi connectivity index (χ3n) is 3.90. The van der Waals surface area contributed by atoms with Crippen LogP contribution in [0.1, 0.15) is 36.6 Å². The van der Waals surface area contributed by atoms with Gasteiger partial charge in [0.15, 0.2) is 0 Å². The zero-order chi connectivity index (χ0) is 14.8. The molecule has 2 heterocycles. The van der Waals surface area contributed by atoms with Crippen LogP contribution in [0.25, 0.3) is 0 Å². The lowest BCUT2D eigenvalue weighted by molar-refractivity contribution is 0.409. The first-order valence-corrected chi connectivity index (χ1v) is 7.33. The summed E-state index contributed by atoms with van der Waals surface area (Å²) >= 11 is 5.83. The number of halogens is 2. The molecule has 5 heteroatoms. The van der Waals surface area contributed by atoms with Gasteiger partial charge in [0.1, 0.15) is 23.1 Å². The zero-order valence-corrected chi connectivity index (χ0v) is 12.3. The van der Waals surface area contributed by atoms with E-state index in [9.17, 15) is 4.39 Å². The molecule has 1 aromatic carbocycles. The Kier molecular flexibility index (Phi) is 3.97. The number of pyridine rings is 1. The second-order valence-corrected chi connectivity index (χ2v) is 5.55. The van der Waals surface area contributed by atoms with Gasteiger partial charge in [-0.1, -0.05) is 36.7 Å². The van der Waals surface area contributed by atoms with Gasteiger partial charge >= 0.3 is 0 Å². The largest absolute Gasteiger partial charge is 0.244 e. The van der Waals surface area contributed by atoms with Gasteiger partial charge in [0.25, 0.3) is 0 Å². The van der Waals surface area contributed by atoms with Gasteiger partial charge in [-0.25, -0.2) is 9.37 Å². The Morgan fingerprint density at radius 2 is 1.62 bits per heavy atom. The fourth-order valence-electron chi connectivity index (χ4n) is 2.78. The van der Waals surface area contributed by atoms with Gasteiger partial charge in [-0.2, -0.15) is 10.2 Å². The van der Waals surface area contributed by atoms with Gasteiger partial charge in [0.05, 0.1) is 0 Å². The molecule has 0 aliphatic carbocycles. The van der Waals surface area contributed by atoms with Crippen molar-refractivity contribution in [1.29, 1.82) is 0 Å². The molecule has 0 radical (unpaired) electrons. The summed E-state index contributed by atoms with van der Waals surface area (Å²) in [6.45, 7) is 2.12. The van der Waals surface area contributed by atoms with Crippen molar-refractivity contribution in [2.75, 3.05) is 0 Å². The predicted octanol–water partition coefficient (Wildman–Crippen LogP) is 5.15. The third-order valence-corrected chi connectivity index (χ3v) is 4.12. The van der Waals surface area contributed by atoms with Crippen LogP contribution in [-0.4, -0.2) is 4.98 Å². The second kappa shape index (κ2) is 5.90. The predicted molar refractivity (Wildman–Crippen MR) is 79.8 cm³/mol. The quantitative estimate of drug-likeness (QED) is 0.723. The van der Waals surface area contributed by atoms with Crippen molar-refractivity contribution >= 4 is 11.6 Å². The number of rotatable bonds is 3. The van der Waals surface area contributed by atoms with Gasteiger partial charge < -0.3 is 0 Å². The summed E-state index contributed by atoms with van der Waals surface area (Å²) in [5.41, 5.74) is 2.01. The molecule has 0 N–H and O–H groups in total. The summed E-state index contributed by atoms with van der Waals surface area (Å²) in [5.74, 6) is 0.0126. The third kappa shape index (κ3) is 2.81. The van der Waals surface area contributed by atoms with Crippen LogP contribution in [0.3, 0.4) is 0 Å². The maximum Gasteiger partial charge on any atom is 0.129 e. The van der Waals surface area contributed by atoms with Gasteiger partial charge in [-0.05, 0) is 35.7 Å². The molecule has 0 amide bonds. The van der Waals surface area contributed by atoms with Crippen LogP contribution in [0.4, 0.5) is 4.39 Å². The summed E-state index contributed by atoms with van der Waals surface area (Å²) in [7, 11) is 0. The molecule has 1 aromatic heterocycles. The normalized spacial score (nSPS) is 24.4. The van der Waals surface area contributed by atoms with Crippen molar-refractivity contribution in [3.8, 4) is 0 Å². The van der Waals surface area contributed by atoms with Crippen molar-refractivity contribution in [3.63, 3.8) is 0 Å². The van der Waals surface area contributed by atoms with E-state index in [-0.39, 0.29) is 23.8 Å². The van der Waals surface area contributed by atoms with E-state index >= 15 is 0 Å². The van der Waals surface area contributed by atoms with Crippen LogP contribution in [0, 0.1) is 11.7 Å². The van der Waals surface area contributed by atoms with Crippen LogP contribution in [0.15, 0.2) is 52.8 Å². The van der Waals surface area contributed by atoms with Gasteiger partial charge in [0, 0.05) is 12.1 Å². The molecule has 3 unspecified atom stereocenters. The number of hydrogen-bond donors (Lipinski definition) is 0. The minimum Gasteiger partial charge on any atom is -0.244 e. The highest BCUT2D eigenvalue weighted by atomic mass is 35.5. The molecule has 0 saturated heterocycles. The van der Waals surface area contributed by atoms with E-state index in [1.807, 2.05) is 6.07 Å². The van der Waals surface area contributed by atoms with Crippen molar-refractivity contribution < 1.29 is 4.39 Å². The van der Waals surface area contributed by atoms with Crippen molar-refractivity contribution in [3.05, 3.63) is 64.7 Å². The van der Waals surface area contributed by atoms with E-state index in [2.05, 4.69) is 22.1 Å². The van der Waals surface area contributed by atoms with E-state index in [0.717, 1.165) is 17.5 Å². The molecule has 108 valence electrons. The molecule has 0 saturated carbocycles. The van der Waals surface area contributed by atoms with Crippen molar-refractivity contribution in [1.82, 2.24) is 4.98 Å². The topological polar surface area (TPSA) is 37.6 Å². The highest BCUT2D eigenvalue weighted by Gasteiger charge is 2.35. The molecule has 1 aliphatic heterocycles. The maximum absolute atomic E-state index is 13.1. The Labute approximate surface area is 127 Å². The second-order valence-electron chi connectivity index (χ2n) is 5.16. The highest BCUT2D eigenvalue weighted by molar-refractivity contribution is 6.29. The Balaban J connectivity index is 1.88. The van der Waals surface area contributed by atoms with Crippen LogP contribution >= 0.6 is 11.6 Å². The Hall–Kier alpha value is -1.81. The SMILES string of the molecule is CCC1C(c2ccc(F)cc2)N=NC1c1ccc(Cl)nc1. The standard InChI is InChI=1S/C16H15ClFN3/c1-2-13-15(10-3-6-12(18)7-4-10)20-21-16(13)11-5-8-14(17)19-9-11/h3-9,13,15-16H,2H2,1H3. The number of hydrogen-bond acceptors (Lipinski definition) is 3. The molecule has 0 spiro atoms. The molecule has 21 heavy (non-hydrogen) atoms. The van der Waals surface area contributed by atoms with Crippen LogP contribution < -0.4 is 0 Å². The molecule has 0 fully saturated rings. The first kappa shape index (κ1) is 14.1. The summed E-state index contributed by atoms with van der Waals surface area (Å²) in [6, 6.07) is 10.2. The highest BCUT2D eigenvalue weighted by Crippen LogP contribution is 2.45. The molecule has 3 nitrogen and oxygen atoms in total. The summed E-state index contributed by atoms with van der Waals surface area (Å²) in [6.07, 6.45) is 2.68. The lowest BCUT2D eigenvalue weighted by Gasteiger charge is -2.20. The maximum atomic E-state index is 13.1. The summed E-state index contributed by atoms with van der Waals surface area (Å²) in [5, 5.41) is 9.30. The lowest BCUT2D eigenvalue weighted by atomic mass is 9.84. The fraction of sp³-hybridized carbons (Fsp3) is 0.312. The first-order chi connectivity index (χ1) is 10.2. The Morgan fingerprint density at radius 1 is 1.00 bits per heavy atom. The number of aromatic nitrogens is 1. The minimum atomic E-state index is -0.236. The van der Waals surface area contributed by atoms with E-state index in [1.54, 1.807) is 24.4 Å². The molecule has 0 bridgehead atoms. The van der Waals surface area contributed by atoms with Crippen molar-refractivity contribution in [2.24, 2.45) is 16.1 Å². The molecule has 2 aromatic rings. The van der Waals surface area contributed by atoms with Crippen LogP contribution in [-0.2, 0) is 0 Å².